The van der Waals surface area contributed by atoms with Crippen LogP contribution in [0.5, 0.6) is 0 Å². The SMILES string of the molecule is CC(C)(CC(=O)O)CC(C)(C)CC(=O)NC(CCC(=O)NCCOCCOCC(=O)NCCOCCOCC(=O)NC(CCCCNC(=O)CN)C(=O)O)C(=O)O. The van der Waals surface area contributed by atoms with Gasteiger partial charge in [-0.1, -0.05) is 27.7 Å². The standard InChI is InChI=1S/C36H64N6O15/c1-35(2,24-36(3,4)20-32(48)49)19-28(44)41-26(34(52)53)8-9-27(43)39-11-13-54-15-17-56-22-30(46)40-12-14-55-16-18-57-23-31(47)42-25(33(50)51)7-5-6-10-38-29(45)21-37/h25-26H,5-24,37H2,1-4H3,(H,38,45)(H,39,43)(H,40,46)(H,41,44)(H,42,47)(H,48,49)(H,50,51)(H,52,53). The van der Waals surface area contributed by atoms with Gasteiger partial charge in [-0.2, -0.15) is 0 Å². The highest BCUT2D eigenvalue weighted by Gasteiger charge is 2.33. The van der Waals surface area contributed by atoms with Crippen molar-refractivity contribution in [3.8, 4) is 0 Å². The summed E-state index contributed by atoms with van der Waals surface area (Å²) in [6.07, 6.45) is 1.25. The number of rotatable bonds is 35. The van der Waals surface area contributed by atoms with E-state index in [-0.39, 0.29) is 116 Å². The molecule has 57 heavy (non-hydrogen) atoms. The number of carbonyl (C=O) groups excluding carboxylic acids is 5. The number of ether oxygens (including phenoxy) is 4. The Hall–Kier alpha value is -4.44. The van der Waals surface area contributed by atoms with Crippen LogP contribution in [0.25, 0.3) is 0 Å². The molecule has 0 radical (unpaired) electrons. The number of carbonyl (C=O) groups is 8. The van der Waals surface area contributed by atoms with E-state index >= 15 is 0 Å². The summed E-state index contributed by atoms with van der Waals surface area (Å²) in [6.45, 7) is 7.97. The molecule has 5 amide bonds. The number of aliphatic carboxylic acids is 3. The number of nitrogens with two attached hydrogens (primary N) is 1. The highest BCUT2D eigenvalue weighted by Crippen LogP contribution is 2.38. The van der Waals surface area contributed by atoms with Gasteiger partial charge in [0.2, 0.25) is 29.5 Å². The summed E-state index contributed by atoms with van der Waals surface area (Å²) < 4.78 is 21.1. The first kappa shape index (κ1) is 52.6. The van der Waals surface area contributed by atoms with E-state index in [0.717, 1.165) is 0 Å². The average molecular weight is 821 g/mol. The Balaban J connectivity index is 3.96. The van der Waals surface area contributed by atoms with Gasteiger partial charge in [-0.05, 0) is 42.9 Å². The maximum Gasteiger partial charge on any atom is 0.326 e. The molecule has 328 valence electrons. The molecule has 2 unspecified atom stereocenters. The van der Waals surface area contributed by atoms with Gasteiger partial charge in [-0.25, -0.2) is 9.59 Å². The molecule has 0 aromatic rings. The first-order valence-electron chi connectivity index (χ1n) is 18.8. The predicted molar refractivity (Wildman–Crippen MR) is 203 cm³/mol. The van der Waals surface area contributed by atoms with E-state index in [1.165, 1.54) is 0 Å². The molecular weight excluding hydrogens is 756 g/mol. The van der Waals surface area contributed by atoms with E-state index in [1.807, 2.05) is 13.8 Å². The zero-order valence-electron chi connectivity index (χ0n) is 33.6. The molecule has 0 aliphatic carbocycles. The molecule has 0 aliphatic heterocycles. The van der Waals surface area contributed by atoms with Crippen LogP contribution in [0.3, 0.4) is 0 Å². The summed E-state index contributed by atoms with van der Waals surface area (Å²) in [7, 11) is 0. The molecule has 0 saturated heterocycles. The van der Waals surface area contributed by atoms with Crippen molar-refractivity contribution in [1.82, 2.24) is 26.6 Å². The van der Waals surface area contributed by atoms with Crippen molar-refractivity contribution in [2.24, 2.45) is 16.6 Å². The minimum Gasteiger partial charge on any atom is -0.481 e. The molecule has 2 atom stereocenters. The van der Waals surface area contributed by atoms with Crippen LogP contribution in [0.1, 0.15) is 79.1 Å². The van der Waals surface area contributed by atoms with Crippen LogP contribution in [0.15, 0.2) is 0 Å². The smallest absolute Gasteiger partial charge is 0.326 e. The number of amides is 5. The van der Waals surface area contributed by atoms with Gasteiger partial charge in [0.05, 0.1) is 52.6 Å². The summed E-state index contributed by atoms with van der Waals surface area (Å²) in [6, 6.07) is -2.36. The zero-order chi connectivity index (χ0) is 43.3. The van der Waals surface area contributed by atoms with E-state index < -0.39 is 58.5 Å². The highest BCUT2D eigenvalue weighted by atomic mass is 16.5. The number of hydrogen-bond donors (Lipinski definition) is 9. The Morgan fingerprint density at radius 2 is 1.02 bits per heavy atom. The van der Waals surface area contributed by atoms with Crippen molar-refractivity contribution < 1.29 is 72.6 Å². The van der Waals surface area contributed by atoms with Gasteiger partial charge in [-0.3, -0.25) is 28.8 Å². The Labute approximate surface area is 333 Å². The number of hydrogen-bond acceptors (Lipinski definition) is 13. The van der Waals surface area contributed by atoms with E-state index in [2.05, 4.69) is 26.6 Å². The fraction of sp³-hybridized carbons (Fsp3) is 0.778. The minimum absolute atomic E-state index is 0.0129. The third kappa shape index (κ3) is 30.4. The maximum absolute atomic E-state index is 12.6. The van der Waals surface area contributed by atoms with Crippen LogP contribution in [0, 0.1) is 10.8 Å². The summed E-state index contributed by atoms with van der Waals surface area (Å²) in [5.74, 6) is -5.61. The molecule has 0 heterocycles. The second-order valence-electron chi connectivity index (χ2n) is 14.8. The van der Waals surface area contributed by atoms with Crippen molar-refractivity contribution in [3.63, 3.8) is 0 Å². The van der Waals surface area contributed by atoms with E-state index in [0.29, 0.717) is 25.8 Å². The second-order valence-corrected chi connectivity index (χ2v) is 14.8. The van der Waals surface area contributed by atoms with E-state index in [1.54, 1.807) is 13.8 Å². The van der Waals surface area contributed by atoms with Gasteiger partial charge >= 0.3 is 17.9 Å². The molecule has 0 aromatic carbocycles. The largest absolute Gasteiger partial charge is 0.481 e. The Morgan fingerprint density at radius 1 is 0.544 bits per heavy atom. The lowest BCUT2D eigenvalue weighted by molar-refractivity contribution is -0.143. The topological polar surface area (TPSA) is 320 Å². The number of nitrogens with one attached hydrogen (secondary N) is 5. The fourth-order valence-corrected chi connectivity index (χ4v) is 5.74. The van der Waals surface area contributed by atoms with Gasteiger partial charge in [-0.15, -0.1) is 0 Å². The molecule has 0 bridgehead atoms. The summed E-state index contributed by atoms with van der Waals surface area (Å²) in [5.41, 5.74) is 4.04. The molecule has 0 aromatic heterocycles. The summed E-state index contributed by atoms with van der Waals surface area (Å²) in [5, 5.41) is 40.6. The average Bonchev–Trinajstić information content (AvgIpc) is 3.09. The lowest BCUT2D eigenvalue weighted by Gasteiger charge is -2.34. The second kappa shape index (κ2) is 29.8. The number of carboxylic acid groups (broad SMARTS) is 3. The molecule has 0 aliphatic rings. The van der Waals surface area contributed by atoms with Crippen LogP contribution >= 0.6 is 0 Å². The lowest BCUT2D eigenvalue weighted by Crippen LogP contribution is -2.43. The fourth-order valence-electron chi connectivity index (χ4n) is 5.74. The minimum atomic E-state index is -1.28. The van der Waals surface area contributed by atoms with Crippen LogP contribution in [0.2, 0.25) is 0 Å². The maximum atomic E-state index is 12.6. The Morgan fingerprint density at radius 3 is 1.56 bits per heavy atom. The lowest BCUT2D eigenvalue weighted by atomic mass is 9.71. The van der Waals surface area contributed by atoms with Gasteiger partial charge in [0.1, 0.15) is 25.3 Å². The molecule has 10 N–H and O–H groups in total. The van der Waals surface area contributed by atoms with Crippen molar-refractivity contribution in [2.45, 2.75) is 91.1 Å². The summed E-state index contributed by atoms with van der Waals surface area (Å²) in [4.78, 5) is 94.0. The van der Waals surface area contributed by atoms with Crippen molar-refractivity contribution in [2.75, 3.05) is 79.0 Å². The Bertz CT molecular complexity index is 1280. The quantitative estimate of drug-likeness (QED) is 0.0338. The number of unbranched alkanes of at least 4 members (excludes halogenated alkanes) is 1. The first-order valence-corrected chi connectivity index (χ1v) is 18.8. The van der Waals surface area contributed by atoms with Gasteiger partial charge < -0.3 is 66.6 Å². The van der Waals surface area contributed by atoms with Crippen molar-refractivity contribution >= 4 is 47.4 Å². The molecule has 21 nitrogen and oxygen atoms in total. The monoisotopic (exact) mass is 820 g/mol. The first-order chi connectivity index (χ1) is 26.8. The van der Waals surface area contributed by atoms with Crippen LogP contribution in [-0.4, -0.2) is 154 Å². The predicted octanol–water partition coefficient (Wildman–Crippen LogP) is -1.24. The Kier molecular flexibility index (Phi) is 27.4. The van der Waals surface area contributed by atoms with E-state index in [9.17, 15) is 48.6 Å². The van der Waals surface area contributed by atoms with E-state index in [4.69, 9.17) is 29.8 Å². The van der Waals surface area contributed by atoms with Crippen molar-refractivity contribution in [3.05, 3.63) is 0 Å². The molecule has 0 fully saturated rings. The van der Waals surface area contributed by atoms with Crippen molar-refractivity contribution in [1.29, 1.82) is 0 Å². The molecule has 0 saturated carbocycles. The zero-order valence-corrected chi connectivity index (χ0v) is 33.6. The van der Waals surface area contributed by atoms with Crippen LogP contribution in [0.4, 0.5) is 0 Å². The van der Waals surface area contributed by atoms with Crippen LogP contribution < -0.4 is 32.3 Å². The van der Waals surface area contributed by atoms with Gasteiger partial charge in [0.15, 0.2) is 0 Å². The van der Waals surface area contributed by atoms with Gasteiger partial charge in [0, 0.05) is 32.5 Å². The molecule has 0 rings (SSSR count). The normalized spacial score (nSPS) is 12.5. The highest BCUT2D eigenvalue weighted by molar-refractivity contribution is 5.85. The molecule has 21 heteroatoms. The number of carboxylic acids is 3. The summed E-state index contributed by atoms with van der Waals surface area (Å²) >= 11 is 0. The third-order valence-corrected chi connectivity index (χ3v) is 7.93. The molecular formula is C36H64N6O15. The third-order valence-electron chi connectivity index (χ3n) is 7.93. The van der Waals surface area contributed by atoms with Crippen LogP contribution in [-0.2, 0) is 57.3 Å². The van der Waals surface area contributed by atoms with Gasteiger partial charge in [0.25, 0.3) is 0 Å². The molecule has 0 spiro atoms.